The Bertz CT molecular complexity index is 355. The van der Waals surface area contributed by atoms with Crippen LogP contribution in [0.4, 0.5) is 0 Å². The molecule has 7 nitrogen and oxygen atoms in total. The van der Waals surface area contributed by atoms with Crippen LogP contribution in [0.3, 0.4) is 0 Å². The highest BCUT2D eigenvalue weighted by molar-refractivity contribution is 5.79. The number of morpholine rings is 1. The van der Waals surface area contributed by atoms with Gasteiger partial charge in [0.05, 0.1) is 38.3 Å². The number of nitrogens with zero attached hydrogens (tertiary/aromatic N) is 2. The summed E-state index contributed by atoms with van der Waals surface area (Å²) in [6, 6.07) is -0.121. The molecule has 2 aliphatic heterocycles. The monoisotopic (exact) mass is 286 g/mol. The van der Waals surface area contributed by atoms with Gasteiger partial charge in [-0.25, -0.2) is 0 Å². The molecule has 0 saturated carbocycles. The number of aliphatic hydroxyl groups is 1. The molecule has 0 aromatic rings. The zero-order valence-electron chi connectivity index (χ0n) is 11.5. The molecular formula is C13H22N2O5. The van der Waals surface area contributed by atoms with Crippen molar-refractivity contribution in [2.75, 3.05) is 46.0 Å². The summed E-state index contributed by atoms with van der Waals surface area (Å²) >= 11 is 0. The van der Waals surface area contributed by atoms with Gasteiger partial charge in [-0.1, -0.05) is 0 Å². The van der Waals surface area contributed by atoms with E-state index < -0.39 is 5.97 Å². The number of aliphatic carboxylic acids is 1. The third kappa shape index (κ3) is 3.68. The predicted molar refractivity (Wildman–Crippen MR) is 70.2 cm³/mol. The minimum absolute atomic E-state index is 0.00851. The number of aliphatic hydroxyl groups excluding tert-OH is 1. The summed E-state index contributed by atoms with van der Waals surface area (Å²) in [6.45, 7) is 2.92. The zero-order chi connectivity index (χ0) is 14.5. The molecule has 2 rings (SSSR count). The van der Waals surface area contributed by atoms with E-state index >= 15 is 0 Å². The van der Waals surface area contributed by atoms with E-state index in [0.29, 0.717) is 45.7 Å². The average molecular weight is 286 g/mol. The number of likely N-dealkylation sites (tertiary alicyclic amines) is 1. The Morgan fingerprint density at radius 1 is 1.20 bits per heavy atom. The van der Waals surface area contributed by atoms with Crippen LogP contribution in [0.2, 0.25) is 0 Å². The maximum atomic E-state index is 12.2. The number of hydrogen-bond acceptors (Lipinski definition) is 5. The molecule has 2 fully saturated rings. The van der Waals surface area contributed by atoms with Crippen molar-refractivity contribution in [2.24, 2.45) is 5.92 Å². The first-order valence-corrected chi connectivity index (χ1v) is 7.05. The van der Waals surface area contributed by atoms with Crippen LogP contribution in [0.15, 0.2) is 0 Å². The Morgan fingerprint density at radius 2 is 1.90 bits per heavy atom. The van der Waals surface area contributed by atoms with Crippen LogP contribution in [-0.4, -0.2) is 83.9 Å². The smallest absolute Gasteiger partial charge is 0.306 e. The van der Waals surface area contributed by atoms with Crippen LogP contribution in [0.25, 0.3) is 0 Å². The minimum Gasteiger partial charge on any atom is -0.481 e. The lowest BCUT2D eigenvalue weighted by Crippen LogP contribution is -2.52. The average Bonchev–Trinajstić information content (AvgIpc) is 2.48. The van der Waals surface area contributed by atoms with E-state index in [1.165, 1.54) is 0 Å². The molecule has 2 saturated heterocycles. The topological polar surface area (TPSA) is 90.3 Å². The maximum Gasteiger partial charge on any atom is 0.306 e. The Labute approximate surface area is 118 Å². The first-order valence-electron chi connectivity index (χ1n) is 7.05. The molecule has 0 bridgehead atoms. The number of ether oxygens (including phenoxy) is 1. The third-order valence-electron chi connectivity index (χ3n) is 4.10. The van der Waals surface area contributed by atoms with Crippen molar-refractivity contribution in [3.8, 4) is 0 Å². The Morgan fingerprint density at radius 3 is 2.50 bits per heavy atom. The van der Waals surface area contributed by atoms with Crippen molar-refractivity contribution in [3.05, 3.63) is 0 Å². The second-order valence-corrected chi connectivity index (χ2v) is 5.38. The van der Waals surface area contributed by atoms with Crippen molar-refractivity contribution in [1.29, 1.82) is 0 Å². The molecule has 2 aliphatic rings. The molecular weight excluding hydrogens is 264 g/mol. The number of carbonyl (C=O) groups is 2. The second-order valence-electron chi connectivity index (χ2n) is 5.38. The fourth-order valence-corrected chi connectivity index (χ4v) is 2.72. The van der Waals surface area contributed by atoms with Gasteiger partial charge in [0.15, 0.2) is 0 Å². The molecule has 7 heteroatoms. The van der Waals surface area contributed by atoms with Gasteiger partial charge in [-0.15, -0.1) is 0 Å². The molecule has 1 amide bonds. The first-order chi connectivity index (χ1) is 9.61. The van der Waals surface area contributed by atoms with Gasteiger partial charge in [-0.3, -0.25) is 14.5 Å². The molecule has 0 radical (unpaired) electrons. The quantitative estimate of drug-likeness (QED) is 0.689. The molecule has 2 N–H and O–H groups in total. The number of carboxylic acids is 1. The standard InChI is InChI=1S/C13H22N2O5/c16-8-11-9-20-6-5-15(11)7-12(17)14-3-1-10(2-4-14)13(18)19/h10-11,16H,1-9H2,(H,18,19). The fraction of sp³-hybridized carbons (Fsp3) is 0.846. The lowest BCUT2D eigenvalue weighted by Gasteiger charge is -2.36. The summed E-state index contributed by atoms with van der Waals surface area (Å²) in [5.41, 5.74) is 0. The van der Waals surface area contributed by atoms with Gasteiger partial charge in [-0.2, -0.15) is 0 Å². The van der Waals surface area contributed by atoms with Gasteiger partial charge in [0, 0.05) is 19.6 Å². The summed E-state index contributed by atoms with van der Waals surface area (Å²) in [5, 5.41) is 18.2. The van der Waals surface area contributed by atoms with Gasteiger partial charge >= 0.3 is 5.97 Å². The summed E-state index contributed by atoms with van der Waals surface area (Å²) in [7, 11) is 0. The lowest BCUT2D eigenvalue weighted by atomic mass is 9.97. The number of carbonyl (C=O) groups excluding carboxylic acids is 1. The van der Waals surface area contributed by atoms with Crippen molar-refractivity contribution in [3.63, 3.8) is 0 Å². The molecule has 2 heterocycles. The lowest BCUT2D eigenvalue weighted by molar-refractivity contribution is -0.146. The van der Waals surface area contributed by atoms with Crippen molar-refractivity contribution in [1.82, 2.24) is 9.80 Å². The molecule has 0 spiro atoms. The SMILES string of the molecule is O=C(O)C1CCN(C(=O)CN2CCOCC2CO)CC1. The number of rotatable bonds is 4. The highest BCUT2D eigenvalue weighted by atomic mass is 16.5. The molecule has 0 aromatic heterocycles. The number of piperidine rings is 1. The molecule has 114 valence electrons. The van der Waals surface area contributed by atoms with Crippen molar-refractivity contribution < 1.29 is 24.5 Å². The van der Waals surface area contributed by atoms with Gasteiger partial charge < -0.3 is 19.8 Å². The second kappa shape index (κ2) is 7.01. The van der Waals surface area contributed by atoms with Gasteiger partial charge in [0.2, 0.25) is 5.91 Å². The minimum atomic E-state index is -0.773. The molecule has 1 atom stereocenters. The van der Waals surface area contributed by atoms with E-state index in [0.717, 1.165) is 0 Å². The Balaban J connectivity index is 1.81. The normalized spacial score (nSPS) is 25.6. The summed E-state index contributed by atoms with van der Waals surface area (Å²) < 4.78 is 5.28. The highest BCUT2D eigenvalue weighted by Crippen LogP contribution is 2.18. The summed E-state index contributed by atoms with van der Waals surface area (Å²) in [6.07, 6.45) is 1.04. The predicted octanol–water partition coefficient (Wildman–Crippen LogP) is -0.997. The van der Waals surface area contributed by atoms with Crippen LogP contribution in [0.5, 0.6) is 0 Å². The van der Waals surface area contributed by atoms with Crippen LogP contribution >= 0.6 is 0 Å². The van der Waals surface area contributed by atoms with Gasteiger partial charge in [0.1, 0.15) is 0 Å². The first kappa shape index (κ1) is 15.2. The van der Waals surface area contributed by atoms with Crippen molar-refractivity contribution >= 4 is 11.9 Å². The highest BCUT2D eigenvalue weighted by Gasteiger charge is 2.30. The van der Waals surface area contributed by atoms with Gasteiger partial charge in [0.25, 0.3) is 0 Å². The zero-order valence-corrected chi connectivity index (χ0v) is 11.5. The van der Waals surface area contributed by atoms with E-state index in [9.17, 15) is 14.7 Å². The van der Waals surface area contributed by atoms with E-state index in [4.69, 9.17) is 9.84 Å². The Hall–Kier alpha value is -1.18. The van der Waals surface area contributed by atoms with E-state index in [1.807, 2.05) is 4.90 Å². The summed E-state index contributed by atoms with van der Waals surface area (Å²) in [4.78, 5) is 26.8. The number of hydrogen-bond donors (Lipinski definition) is 2. The van der Waals surface area contributed by atoms with Crippen LogP contribution < -0.4 is 0 Å². The maximum absolute atomic E-state index is 12.2. The van der Waals surface area contributed by atoms with E-state index in [1.54, 1.807) is 4.90 Å². The Kier molecular flexibility index (Phi) is 5.33. The van der Waals surface area contributed by atoms with Crippen LogP contribution in [0, 0.1) is 5.92 Å². The molecule has 0 aliphatic carbocycles. The molecule has 1 unspecified atom stereocenters. The third-order valence-corrected chi connectivity index (χ3v) is 4.10. The number of amides is 1. The van der Waals surface area contributed by atoms with E-state index in [2.05, 4.69) is 0 Å². The van der Waals surface area contributed by atoms with Crippen molar-refractivity contribution in [2.45, 2.75) is 18.9 Å². The fourth-order valence-electron chi connectivity index (χ4n) is 2.72. The van der Waals surface area contributed by atoms with Crippen LogP contribution in [0.1, 0.15) is 12.8 Å². The van der Waals surface area contributed by atoms with Crippen LogP contribution in [-0.2, 0) is 14.3 Å². The van der Waals surface area contributed by atoms with E-state index in [-0.39, 0.29) is 31.0 Å². The number of carboxylic acid groups (broad SMARTS) is 1. The molecule has 20 heavy (non-hydrogen) atoms. The summed E-state index contributed by atoms with van der Waals surface area (Å²) in [5.74, 6) is -1.09. The van der Waals surface area contributed by atoms with Gasteiger partial charge in [-0.05, 0) is 12.8 Å². The largest absolute Gasteiger partial charge is 0.481 e. The molecule has 0 aromatic carbocycles.